The molecule has 19 heavy (non-hydrogen) atoms. The Morgan fingerprint density at radius 1 is 1.16 bits per heavy atom. The fraction of sp³-hybridized carbons (Fsp3) is 0.143. The van der Waals surface area contributed by atoms with Crippen molar-refractivity contribution in [2.24, 2.45) is 5.73 Å². The minimum atomic E-state index is -0.594. The summed E-state index contributed by atoms with van der Waals surface area (Å²) in [5.74, 6) is -1.19. The molecule has 0 radical (unpaired) electrons. The predicted octanol–water partition coefficient (Wildman–Crippen LogP) is 4.29. The third-order valence-electron chi connectivity index (χ3n) is 2.65. The number of benzene rings is 2. The van der Waals surface area contributed by atoms with Gasteiger partial charge in [0, 0.05) is 6.54 Å². The quantitative estimate of drug-likeness (QED) is 0.912. The van der Waals surface area contributed by atoms with Crippen LogP contribution in [0.1, 0.15) is 11.1 Å². The van der Waals surface area contributed by atoms with Crippen molar-refractivity contribution < 1.29 is 13.5 Å². The zero-order valence-corrected chi connectivity index (χ0v) is 11.8. The maximum absolute atomic E-state index is 14.0. The third kappa shape index (κ3) is 2.93. The Labute approximate surface area is 118 Å². The number of aryl methyl sites for hydroxylation is 1. The number of hydrogen-bond acceptors (Lipinski definition) is 2. The summed E-state index contributed by atoms with van der Waals surface area (Å²) in [5.41, 5.74) is 6.92. The Hall–Kier alpha value is -1.46. The molecule has 2 rings (SSSR count). The van der Waals surface area contributed by atoms with E-state index in [1.165, 1.54) is 18.2 Å². The second-order valence-electron chi connectivity index (χ2n) is 4.09. The van der Waals surface area contributed by atoms with Gasteiger partial charge in [-0.2, -0.15) is 0 Å². The van der Waals surface area contributed by atoms with Gasteiger partial charge in [-0.3, -0.25) is 0 Å². The number of ether oxygens (including phenoxy) is 1. The molecule has 2 N–H and O–H groups in total. The summed E-state index contributed by atoms with van der Waals surface area (Å²) in [7, 11) is 0. The lowest BCUT2D eigenvalue weighted by atomic mass is 10.2. The molecule has 0 aromatic heterocycles. The molecule has 0 aliphatic carbocycles. The maximum atomic E-state index is 14.0. The van der Waals surface area contributed by atoms with Crippen molar-refractivity contribution in [3.63, 3.8) is 0 Å². The topological polar surface area (TPSA) is 35.2 Å². The van der Waals surface area contributed by atoms with Gasteiger partial charge in [-0.25, -0.2) is 8.78 Å². The molecule has 100 valence electrons. The highest BCUT2D eigenvalue weighted by atomic mass is 79.9. The van der Waals surface area contributed by atoms with Gasteiger partial charge in [0.25, 0.3) is 0 Å². The number of hydrogen-bond donors (Lipinski definition) is 1. The van der Waals surface area contributed by atoms with Crippen molar-refractivity contribution in [3.05, 3.63) is 57.6 Å². The van der Waals surface area contributed by atoms with E-state index in [1.54, 1.807) is 19.1 Å². The normalized spacial score (nSPS) is 10.6. The average molecular weight is 328 g/mol. The summed E-state index contributed by atoms with van der Waals surface area (Å²) in [4.78, 5) is 0. The van der Waals surface area contributed by atoms with E-state index in [-0.39, 0.29) is 22.5 Å². The molecule has 0 amide bonds. The highest BCUT2D eigenvalue weighted by Crippen LogP contribution is 2.32. The van der Waals surface area contributed by atoms with E-state index in [0.29, 0.717) is 5.56 Å². The van der Waals surface area contributed by atoms with E-state index < -0.39 is 11.6 Å². The Morgan fingerprint density at radius 2 is 1.89 bits per heavy atom. The van der Waals surface area contributed by atoms with Crippen LogP contribution in [0.2, 0.25) is 0 Å². The molecule has 2 aromatic rings. The Bertz CT molecular complexity index is 617. The van der Waals surface area contributed by atoms with E-state index in [0.717, 1.165) is 5.56 Å². The van der Waals surface area contributed by atoms with Gasteiger partial charge in [0.2, 0.25) is 0 Å². The van der Waals surface area contributed by atoms with Crippen LogP contribution in [0.4, 0.5) is 8.78 Å². The second kappa shape index (κ2) is 5.67. The molecule has 0 saturated carbocycles. The average Bonchev–Trinajstić information content (AvgIpc) is 2.39. The molecule has 0 spiro atoms. The molecule has 0 saturated heterocycles. The number of rotatable bonds is 3. The van der Waals surface area contributed by atoms with Crippen LogP contribution in [0.15, 0.2) is 34.8 Å². The minimum absolute atomic E-state index is 0.00806. The highest BCUT2D eigenvalue weighted by Gasteiger charge is 2.14. The van der Waals surface area contributed by atoms with Gasteiger partial charge in [0.15, 0.2) is 23.1 Å². The van der Waals surface area contributed by atoms with Gasteiger partial charge >= 0.3 is 0 Å². The van der Waals surface area contributed by atoms with Crippen molar-refractivity contribution in [1.82, 2.24) is 0 Å². The van der Waals surface area contributed by atoms with Gasteiger partial charge in [-0.1, -0.05) is 12.1 Å². The molecule has 0 unspecified atom stereocenters. The van der Waals surface area contributed by atoms with Crippen molar-refractivity contribution in [2.45, 2.75) is 13.5 Å². The molecular formula is C14H12BrF2NO. The first kappa shape index (κ1) is 14.0. The number of nitrogens with two attached hydrogens (primary N) is 1. The summed E-state index contributed by atoms with van der Waals surface area (Å²) in [5, 5.41) is 0. The molecule has 2 nitrogen and oxygen atoms in total. The molecule has 5 heteroatoms. The van der Waals surface area contributed by atoms with Crippen LogP contribution in [-0.2, 0) is 6.54 Å². The van der Waals surface area contributed by atoms with Gasteiger partial charge in [0.1, 0.15) is 0 Å². The van der Waals surface area contributed by atoms with E-state index in [1.807, 2.05) is 0 Å². The lowest BCUT2D eigenvalue weighted by Crippen LogP contribution is -2.00. The lowest BCUT2D eigenvalue weighted by molar-refractivity contribution is 0.412. The standard InChI is InChI=1S/C14H12BrF2NO/c1-8-2-4-10(16)12(6-8)19-11-5-3-9(7-18)13(15)14(11)17/h2-6H,7,18H2,1H3. The number of halogens is 3. The molecule has 2 aromatic carbocycles. The van der Waals surface area contributed by atoms with Gasteiger partial charge in [0.05, 0.1) is 4.47 Å². The molecule has 0 fully saturated rings. The van der Waals surface area contributed by atoms with E-state index in [9.17, 15) is 8.78 Å². The van der Waals surface area contributed by atoms with Crippen LogP contribution in [0.5, 0.6) is 11.5 Å². The van der Waals surface area contributed by atoms with Gasteiger partial charge in [-0.15, -0.1) is 0 Å². The van der Waals surface area contributed by atoms with E-state index in [2.05, 4.69) is 15.9 Å². The predicted molar refractivity (Wildman–Crippen MR) is 73.2 cm³/mol. The molecule has 0 atom stereocenters. The van der Waals surface area contributed by atoms with Crippen molar-refractivity contribution in [1.29, 1.82) is 0 Å². The van der Waals surface area contributed by atoms with E-state index in [4.69, 9.17) is 10.5 Å². The summed E-state index contributed by atoms with van der Waals surface area (Å²) >= 11 is 3.11. The molecule has 0 aliphatic rings. The minimum Gasteiger partial charge on any atom is -0.451 e. The van der Waals surface area contributed by atoms with Crippen molar-refractivity contribution >= 4 is 15.9 Å². The Morgan fingerprint density at radius 3 is 2.58 bits per heavy atom. The zero-order valence-electron chi connectivity index (χ0n) is 10.2. The first-order valence-corrected chi connectivity index (χ1v) is 6.43. The first-order chi connectivity index (χ1) is 9.02. The van der Waals surface area contributed by atoms with E-state index >= 15 is 0 Å². The van der Waals surface area contributed by atoms with Crippen LogP contribution in [-0.4, -0.2) is 0 Å². The maximum Gasteiger partial charge on any atom is 0.180 e. The fourth-order valence-electron chi connectivity index (χ4n) is 1.62. The van der Waals surface area contributed by atoms with Crippen LogP contribution >= 0.6 is 15.9 Å². The Kier molecular flexibility index (Phi) is 4.17. The first-order valence-electron chi connectivity index (χ1n) is 5.64. The largest absolute Gasteiger partial charge is 0.451 e. The summed E-state index contributed by atoms with van der Waals surface area (Å²) in [6, 6.07) is 7.48. The molecule has 0 heterocycles. The summed E-state index contributed by atoms with van der Waals surface area (Å²) in [6.45, 7) is 2.01. The molecule has 0 aliphatic heterocycles. The zero-order chi connectivity index (χ0) is 14.0. The SMILES string of the molecule is Cc1ccc(F)c(Oc2ccc(CN)c(Br)c2F)c1. The highest BCUT2D eigenvalue weighted by molar-refractivity contribution is 9.10. The van der Waals surface area contributed by atoms with Crippen LogP contribution in [0, 0.1) is 18.6 Å². The third-order valence-corrected chi connectivity index (χ3v) is 3.51. The lowest BCUT2D eigenvalue weighted by Gasteiger charge is -2.11. The van der Waals surface area contributed by atoms with Crippen LogP contribution in [0.3, 0.4) is 0 Å². The fourth-order valence-corrected chi connectivity index (χ4v) is 2.10. The van der Waals surface area contributed by atoms with Gasteiger partial charge < -0.3 is 10.5 Å². The van der Waals surface area contributed by atoms with Crippen molar-refractivity contribution in [3.8, 4) is 11.5 Å². The monoisotopic (exact) mass is 327 g/mol. The van der Waals surface area contributed by atoms with Crippen molar-refractivity contribution in [2.75, 3.05) is 0 Å². The van der Waals surface area contributed by atoms with Crippen LogP contribution in [0.25, 0.3) is 0 Å². The summed E-state index contributed by atoms with van der Waals surface area (Å²) in [6.07, 6.45) is 0. The Balaban J connectivity index is 2.39. The second-order valence-corrected chi connectivity index (χ2v) is 4.88. The van der Waals surface area contributed by atoms with Crippen LogP contribution < -0.4 is 10.5 Å². The smallest absolute Gasteiger partial charge is 0.180 e. The van der Waals surface area contributed by atoms with Gasteiger partial charge in [-0.05, 0) is 52.2 Å². The molecular weight excluding hydrogens is 316 g/mol. The molecule has 0 bridgehead atoms. The summed E-state index contributed by atoms with van der Waals surface area (Å²) < 4.78 is 33.1.